The van der Waals surface area contributed by atoms with E-state index in [0.29, 0.717) is 11.2 Å². The van der Waals surface area contributed by atoms with Gasteiger partial charge in [-0.05, 0) is 55.3 Å². The van der Waals surface area contributed by atoms with Crippen molar-refractivity contribution in [3.63, 3.8) is 0 Å². The first-order chi connectivity index (χ1) is 13.6. The summed E-state index contributed by atoms with van der Waals surface area (Å²) in [6.45, 7) is 7.55. The number of carbonyl (C=O) groups is 2. The minimum atomic E-state index is -0.935. The molecular weight excluding hydrogens is 442 g/mol. The number of hydrogen-bond acceptors (Lipinski definition) is 6. The molecule has 1 aliphatic rings. The van der Waals surface area contributed by atoms with Crippen LogP contribution in [0, 0.1) is 0 Å². The average Bonchev–Trinajstić information content (AvgIpc) is 3.07. The molecule has 9 heteroatoms. The van der Waals surface area contributed by atoms with Gasteiger partial charge >= 0.3 is 6.09 Å². The van der Waals surface area contributed by atoms with E-state index in [1.165, 1.54) is 0 Å². The second kappa shape index (κ2) is 10.6. The number of amides is 2. The maximum atomic E-state index is 12.8. The molecule has 3 atom stereocenters. The van der Waals surface area contributed by atoms with Gasteiger partial charge in [-0.25, -0.2) is 4.79 Å². The van der Waals surface area contributed by atoms with Crippen LogP contribution in [0.1, 0.15) is 33.3 Å². The maximum absolute atomic E-state index is 12.8. The molecular formula is C20H28BrN3O5. The van der Waals surface area contributed by atoms with E-state index < -0.39 is 29.7 Å². The molecule has 0 fully saturated rings. The van der Waals surface area contributed by atoms with Crippen molar-refractivity contribution in [1.82, 2.24) is 16.1 Å². The molecule has 2 amide bonds. The number of rotatable bonds is 8. The minimum Gasteiger partial charge on any atom is -0.444 e. The normalized spacial score (nSPS) is 18.2. The van der Waals surface area contributed by atoms with Crippen molar-refractivity contribution in [2.24, 2.45) is 0 Å². The number of nitrogens with one attached hydrogen (secondary N) is 3. The first-order valence-electron chi connectivity index (χ1n) is 9.36. The molecule has 0 aromatic heterocycles. The molecule has 0 saturated heterocycles. The quantitative estimate of drug-likeness (QED) is 0.506. The smallest absolute Gasteiger partial charge is 0.408 e. The van der Waals surface area contributed by atoms with Crippen molar-refractivity contribution in [3.8, 4) is 0 Å². The molecule has 3 N–H and O–H groups in total. The van der Waals surface area contributed by atoms with E-state index >= 15 is 0 Å². The van der Waals surface area contributed by atoms with Gasteiger partial charge in [0, 0.05) is 0 Å². The van der Waals surface area contributed by atoms with Crippen molar-refractivity contribution < 1.29 is 23.9 Å². The Balaban J connectivity index is 1.98. The lowest BCUT2D eigenvalue weighted by atomic mass is 10.1. The van der Waals surface area contributed by atoms with Gasteiger partial charge in [-0.15, -0.1) is 0 Å². The predicted molar refractivity (Wildman–Crippen MR) is 112 cm³/mol. The molecule has 3 unspecified atom stereocenters. The van der Waals surface area contributed by atoms with Gasteiger partial charge in [0.2, 0.25) is 5.91 Å². The molecule has 1 aromatic carbocycles. The maximum Gasteiger partial charge on any atom is 0.408 e. The molecule has 1 aromatic rings. The van der Waals surface area contributed by atoms with Crippen LogP contribution in [0.4, 0.5) is 4.79 Å². The van der Waals surface area contributed by atoms with Crippen LogP contribution in [0.15, 0.2) is 41.0 Å². The summed E-state index contributed by atoms with van der Waals surface area (Å²) in [4.78, 5) is 30.3. The van der Waals surface area contributed by atoms with Gasteiger partial charge < -0.3 is 20.1 Å². The van der Waals surface area contributed by atoms with Gasteiger partial charge in [-0.3, -0.25) is 15.1 Å². The van der Waals surface area contributed by atoms with E-state index in [1.807, 2.05) is 30.3 Å². The van der Waals surface area contributed by atoms with E-state index in [0.717, 1.165) is 5.56 Å². The van der Waals surface area contributed by atoms with Gasteiger partial charge in [-0.2, -0.15) is 0 Å². The first kappa shape index (κ1) is 23.2. The Kier molecular flexibility index (Phi) is 8.48. The standard InChI is InChI=1S/C20H28BrN3O5/c1-13(27-12-14-8-6-5-7-9-14)17(23-19(26)28-20(2,3)4)18(25)22-11-15-10-16(21)24-29-15/h5-10,13,15,17,24H,11-12H2,1-4H3,(H,22,25)(H,23,26). The Labute approximate surface area is 179 Å². The van der Waals surface area contributed by atoms with E-state index in [-0.39, 0.29) is 12.6 Å². The summed E-state index contributed by atoms with van der Waals surface area (Å²) in [5.74, 6) is -0.392. The third kappa shape index (κ3) is 8.43. The van der Waals surface area contributed by atoms with E-state index in [9.17, 15) is 9.59 Å². The Morgan fingerprint density at radius 3 is 2.55 bits per heavy atom. The highest BCUT2D eigenvalue weighted by atomic mass is 79.9. The van der Waals surface area contributed by atoms with Crippen molar-refractivity contribution in [2.75, 3.05) is 6.54 Å². The number of carbonyl (C=O) groups excluding carboxylic acids is 2. The Hall–Kier alpha value is -2.10. The lowest BCUT2D eigenvalue weighted by Crippen LogP contribution is -2.54. The minimum absolute atomic E-state index is 0.235. The summed E-state index contributed by atoms with van der Waals surface area (Å²) in [6.07, 6.45) is 0.184. The molecule has 1 heterocycles. The van der Waals surface area contributed by atoms with Gasteiger partial charge in [0.05, 0.1) is 19.3 Å². The van der Waals surface area contributed by atoms with Gasteiger partial charge in [0.15, 0.2) is 0 Å². The molecule has 1 aliphatic heterocycles. The van der Waals surface area contributed by atoms with Gasteiger partial charge in [-0.1, -0.05) is 30.3 Å². The van der Waals surface area contributed by atoms with E-state index in [4.69, 9.17) is 14.3 Å². The lowest BCUT2D eigenvalue weighted by Gasteiger charge is -2.27. The largest absolute Gasteiger partial charge is 0.444 e. The number of hydrogen-bond donors (Lipinski definition) is 3. The summed E-state index contributed by atoms with van der Waals surface area (Å²) in [5, 5.41) is 5.39. The summed E-state index contributed by atoms with van der Waals surface area (Å²) in [6, 6.07) is 8.66. The van der Waals surface area contributed by atoms with Crippen molar-refractivity contribution >= 4 is 27.9 Å². The number of benzene rings is 1. The molecule has 0 radical (unpaired) electrons. The van der Waals surface area contributed by atoms with Crippen molar-refractivity contribution in [3.05, 3.63) is 46.6 Å². The molecule has 160 valence electrons. The first-order valence-corrected chi connectivity index (χ1v) is 10.1. The van der Waals surface area contributed by atoms with E-state index in [2.05, 4.69) is 32.0 Å². The third-order valence-corrected chi connectivity index (χ3v) is 4.32. The molecule has 2 rings (SSSR count). The Morgan fingerprint density at radius 2 is 1.97 bits per heavy atom. The summed E-state index contributed by atoms with van der Waals surface area (Å²) < 4.78 is 11.8. The fourth-order valence-electron chi connectivity index (χ4n) is 2.50. The van der Waals surface area contributed by atoms with Crippen LogP contribution in [0.25, 0.3) is 0 Å². The van der Waals surface area contributed by atoms with Crippen LogP contribution in [0.3, 0.4) is 0 Å². The molecule has 0 bridgehead atoms. The van der Waals surface area contributed by atoms with Crippen LogP contribution >= 0.6 is 15.9 Å². The molecule has 29 heavy (non-hydrogen) atoms. The molecule has 0 aliphatic carbocycles. The van der Waals surface area contributed by atoms with Crippen LogP contribution in [-0.2, 0) is 25.7 Å². The number of hydroxylamine groups is 1. The zero-order chi connectivity index (χ0) is 21.4. The summed E-state index contributed by atoms with van der Waals surface area (Å²) in [5.41, 5.74) is 2.94. The zero-order valence-corrected chi connectivity index (χ0v) is 18.6. The summed E-state index contributed by atoms with van der Waals surface area (Å²) in [7, 11) is 0. The monoisotopic (exact) mass is 469 g/mol. The number of alkyl carbamates (subject to hydrolysis) is 1. The van der Waals surface area contributed by atoms with Crippen molar-refractivity contribution in [1.29, 1.82) is 0 Å². The second-order valence-electron chi connectivity index (χ2n) is 7.64. The fourth-order valence-corrected chi connectivity index (χ4v) is 2.89. The highest BCUT2D eigenvalue weighted by Crippen LogP contribution is 2.12. The average molecular weight is 470 g/mol. The van der Waals surface area contributed by atoms with Gasteiger partial charge in [0.1, 0.15) is 22.4 Å². The third-order valence-electron chi connectivity index (χ3n) is 3.90. The highest BCUT2D eigenvalue weighted by molar-refractivity contribution is 9.11. The Morgan fingerprint density at radius 1 is 1.28 bits per heavy atom. The second-order valence-corrected chi connectivity index (χ2v) is 8.50. The lowest BCUT2D eigenvalue weighted by molar-refractivity contribution is -0.127. The van der Waals surface area contributed by atoms with Crippen molar-refractivity contribution in [2.45, 2.75) is 58.2 Å². The molecule has 0 spiro atoms. The Bertz CT molecular complexity index is 721. The summed E-state index contributed by atoms with van der Waals surface area (Å²) >= 11 is 3.26. The number of ether oxygens (including phenoxy) is 2. The highest BCUT2D eigenvalue weighted by Gasteiger charge is 2.30. The SMILES string of the molecule is CC(OCc1ccccc1)C(NC(=O)OC(C)(C)C)C(=O)NCC1C=C(Br)NO1. The molecule has 8 nitrogen and oxygen atoms in total. The van der Waals surface area contributed by atoms with Crippen LogP contribution in [0.5, 0.6) is 0 Å². The van der Waals surface area contributed by atoms with E-state index in [1.54, 1.807) is 33.8 Å². The van der Waals surface area contributed by atoms with Crippen LogP contribution in [0.2, 0.25) is 0 Å². The van der Waals surface area contributed by atoms with Crippen LogP contribution < -0.4 is 16.1 Å². The molecule has 0 saturated carbocycles. The number of halogens is 1. The van der Waals surface area contributed by atoms with Gasteiger partial charge in [0.25, 0.3) is 0 Å². The predicted octanol–water partition coefficient (Wildman–Crippen LogP) is 2.74. The zero-order valence-electron chi connectivity index (χ0n) is 17.0. The topological polar surface area (TPSA) is 97.9 Å². The van der Waals surface area contributed by atoms with Crippen LogP contribution in [-0.4, -0.2) is 42.4 Å². The fraction of sp³-hybridized carbons (Fsp3) is 0.500.